The van der Waals surface area contributed by atoms with E-state index in [2.05, 4.69) is 10.1 Å². The first-order valence-electron chi connectivity index (χ1n) is 5.69. The summed E-state index contributed by atoms with van der Waals surface area (Å²) < 4.78 is 9.62. The number of esters is 1. The number of hydrogen-bond donors (Lipinski definition) is 2. The number of hydrogen-bond acceptors (Lipinski definition) is 5. The molecule has 0 aromatic rings. The average molecular weight is 257 g/mol. The van der Waals surface area contributed by atoms with Gasteiger partial charge in [0.05, 0.1) is 19.3 Å². The lowest BCUT2D eigenvalue weighted by Gasteiger charge is -2.22. The summed E-state index contributed by atoms with van der Waals surface area (Å²) in [6.45, 7) is 5.23. The fourth-order valence-corrected chi connectivity index (χ4v) is 1.61. The molecule has 0 saturated carbocycles. The van der Waals surface area contributed by atoms with E-state index in [0.717, 1.165) is 0 Å². The summed E-state index contributed by atoms with van der Waals surface area (Å²) in [6.07, 6.45) is 0.175. The minimum atomic E-state index is -0.841. The molecule has 0 radical (unpaired) electrons. The Hall–Kier alpha value is -1.56. The van der Waals surface area contributed by atoms with Crippen molar-refractivity contribution in [1.82, 2.24) is 5.32 Å². The van der Waals surface area contributed by atoms with Crippen LogP contribution in [0.15, 0.2) is 11.6 Å². The van der Waals surface area contributed by atoms with E-state index in [1.807, 2.05) is 0 Å². The first kappa shape index (κ1) is 14.5. The standard InChI is InChI=1S/C12H19NO5/c1-12(2,3)18-11(16)13-8-5-7(6-9(8)14)10(15)17-4/h5,8-9,14H,6H2,1-4H3,(H,13,16)/t8-,9-/m0/s1. The maximum Gasteiger partial charge on any atom is 0.408 e. The highest BCUT2D eigenvalue weighted by molar-refractivity contribution is 5.89. The molecule has 6 nitrogen and oxygen atoms in total. The predicted octanol–water partition coefficient (Wildman–Crippen LogP) is 0.744. The predicted molar refractivity (Wildman–Crippen MR) is 63.9 cm³/mol. The summed E-state index contributed by atoms with van der Waals surface area (Å²) in [7, 11) is 1.27. The number of ether oxygens (including phenoxy) is 2. The average Bonchev–Trinajstić information content (AvgIpc) is 2.56. The number of carbonyl (C=O) groups excluding carboxylic acids is 2. The molecule has 0 saturated heterocycles. The summed E-state index contributed by atoms with van der Waals surface area (Å²) in [6, 6.07) is -0.631. The third-order valence-corrected chi connectivity index (χ3v) is 2.36. The van der Waals surface area contributed by atoms with Crippen molar-refractivity contribution < 1.29 is 24.2 Å². The molecule has 0 bridgehead atoms. The Balaban J connectivity index is 2.60. The maximum atomic E-state index is 11.5. The van der Waals surface area contributed by atoms with E-state index >= 15 is 0 Å². The van der Waals surface area contributed by atoms with Crippen LogP contribution in [0.2, 0.25) is 0 Å². The van der Waals surface area contributed by atoms with E-state index in [1.54, 1.807) is 20.8 Å². The minimum absolute atomic E-state index is 0.160. The lowest BCUT2D eigenvalue weighted by Crippen LogP contribution is -2.42. The van der Waals surface area contributed by atoms with E-state index in [1.165, 1.54) is 13.2 Å². The number of amides is 1. The summed E-state index contributed by atoms with van der Waals surface area (Å²) in [5.41, 5.74) is -0.256. The fourth-order valence-electron chi connectivity index (χ4n) is 1.61. The molecule has 2 atom stereocenters. The molecule has 1 aliphatic rings. The van der Waals surface area contributed by atoms with Crippen molar-refractivity contribution >= 4 is 12.1 Å². The van der Waals surface area contributed by atoms with Crippen LogP contribution in [-0.2, 0) is 14.3 Å². The third kappa shape index (κ3) is 4.03. The van der Waals surface area contributed by atoms with Crippen molar-refractivity contribution in [2.45, 2.75) is 44.9 Å². The summed E-state index contributed by atoms with van der Waals surface area (Å²) in [5, 5.41) is 12.2. The van der Waals surface area contributed by atoms with E-state index in [4.69, 9.17) is 4.74 Å². The second-order valence-electron chi connectivity index (χ2n) is 5.13. The van der Waals surface area contributed by atoms with Gasteiger partial charge in [0, 0.05) is 12.0 Å². The topological polar surface area (TPSA) is 84.9 Å². The van der Waals surface area contributed by atoms with Gasteiger partial charge in [0.25, 0.3) is 0 Å². The molecule has 0 unspecified atom stereocenters. The number of methoxy groups -OCH3 is 1. The normalized spacial score (nSPS) is 23.3. The largest absolute Gasteiger partial charge is 0.466 e. The molecule has 0 heterocycles. The van der Waals surface area contributed by atoms with Crippen LogP contribution >= 0.6 is 0 Å². The Morgan fingerprint density at radius 2 is 2.06 bits per heavy atom. The van der Waals surface area contributed by atoms with E-state index < -0.39 is 29.8 Å². The van der Waals surface area contributed by atoms with Gasteiger partial charge in [-0.1, -0.05) is 0 Å². The highest BCUT2D eigenvalue weighted by Gasteiger charge is 2.31. The molecule has 0 aromatic heterocycles. The van der Waals surface area contributed by atoms with Crippen LogP contribution in [0.3, 0.4) is 0 Å². The lowest BCUT2D eigenvalue weighted by atomic mass is 10.2. The van der Waals surface area contributed by atoms with E-state index in [-0.39, 0.29) is 6.42 Å². The van der Waals surface area contributed by atoms with Crippen LogP contribution in [0.4, 0.5) is 4.79 Å². The van der Waals surface area contributed by atoms with Gasteiger partial charge in [0.1, 0.15) is 5.60 Å². The van der Waals surface area contributed by atoms with Crippen molar-refractivity contribution in [2.24, 2.45) is 0 Å². The molecule has 2 N–H and O–H groups in total. The number of nitrogens with one attached hydrogen (secondary N) is 1. The number of carbonyl (C=O) groups is 2. The van der Waals surface area contributed by atoms with Crippen molar-refractivity contribution in [2.75, 3.05) is 7.11 Å². The number of rotatable bonds is 2. The summed E-state index contributed by atoms with van der Waals surface area (Å²) in [4.78, 5) is 22.8. The van der Waals surface area contributed by atoms with Crippen LogP contribution in [0.5, 0.6) is 0 Å². The Labute approximate surface area is 106 Å². The molecule has 0 aromatic carbocycles. The Morgan fingerprint density at radius 3 is 2.56 bits per heavy atom. The SMILES string of the molecule is COC(=O)C1=C[C@H](NC(=O)OC(C)(C)C)[C@@H](O)C1. The van der Waals surface area contributed by atoms with E-state index in [0.29, 0.717) is 5.57 Å². The van der Waals surface area contributed by atoms with Gasteiger partial charge in [-0.05, 0) is 26.8 Å². The molecule has 6 heteroatoms. The Bertz CT molecular complexity index is 369. The van der Waals surface area contributed by atoms with Crippen molar-refractivity contribution in [3.63, 3.8) is 0 Å². The molecule has 18 heavy (non-hydrogen) atoms. The number of aliphatic hydroxyl groups excluding tert-OH is 1. The number of alkyl carbamates (subject to hydrolysis) is 1. The smallest absolute Gasteiger partial charge is 0.408 e. The molecule has 0 fully saturated rings. The van der Waals surface area contributed by atoms with Crippen LogP contribution in [0.1, 0.15) is 27.2 Å². The van der Waals surface area contributed by atoms with Gasteiger partial charge in [0.15, 0.2) is 0 Å². The number of aliphatic hydroxyl groups is 1. The second-order valence-corrected chi connectivity index (χ2v) is 5.13. The Kier molecular flexibility index (Phi) is 4.34. The monoisotopic (exact) mass is 257 g/mol. The molecule has 0 aliphatic heterocycles. The molecule has 1 amide bonds. The quantitative estimate of drug-likeness (QED) is 0.713. The third-order valence-electron chi connectivity index (χ3n) is 2.36. The van der Waals surface area contributed by atoms with Gasteiger partial charge in [-0.25, -0.2) is 9.59 Å². The first-order chi connectivity index (χ1) is 8.23. The van der Waals surface area contributed by atoms with Gasteiger partial charge in [-0.15, -0.1) is 0 Å². The minimum Gasteiger partial charge on any atom is -0.466 e. The molecular formula is C12H19NO5. The zero-order chi connectivity index (χ0) is 13.9. The van der Waals surface area contributed by atoms with Crippen molar-refractivity contribution in [3.05, 3.63) is 11.6 Å². The van der Waals surface area contributed by atoms with Crippen molar-refractivity contribution in [1.29, 1.82) is 0 Å². The summed E-state index contributed by atoms with van der Waals surface area (Å²) in [5.74, 6) is -0.498. The Morgan fingerprint density at radius 1 is 1.44 bits per heavy atom. The fraction of sp³-hybridized carbons (Fsp3) is 0.667. The van der Waals surface area contributed by atoms with Crippen LogP contribution < -0.4 is 5.32 Å². The van der Waals surface area contributed by atoms with Gasteiger partial charge in [0.2, 0.25) is 0 Å². The van der Waals surface area contributed by atoms with Crippen LogP contribution in [-0.4, -0.2) is 42.0 Å². The zero-order valence-corrected chi connectivity index (χ0v) is 11.0. The maximum absolute atomic E-state index is 11.5. The van der Waals surface area contributed by atoms with Gasteiger partial charge in [-0.2, -0.15) is 0 Å². The molecular weight excluding hydrogens is 238 g/mol. The van der Waals surface area contributed by atoms with Crippen LogP contribution in [0.25, 0.3) is 0 Å². The zero-order valence-electron chi connectivity index (χ0n) is 11.0. The molecule has 1 rings (SSSR count). The van der Waals surface area contributed by atoms with Gasteiger partial charge >= 0.3 is 12.1 Å². The van der Waals surface area contributed by atoms with Gasteiger partial charge in [-0.3, -0.25) is 0 Å². The van der Waals surface area contributed by atoms with E-state index in [9.17, 15) is 14.7 Å². The summed E-state index contributed by atoms with van der Waals surface area (Å²) >= 11 is 0. The molecule has 102 valence electrons. The highest BCUT2D eigenvalue weighted by atomic mass is 16.6. The van der Waals surface area contributed by atoms with Gasteiger partial charge < -0.3 is 19.9 Å². The molecule has 1 aliphatic carbocycles. The lowest BCUT2D eigenvalue weighted by molar-refractivity contribution is -0.136. The van der Waals surface area contributed by atoms with Crippen LogP contribution in [0, 0.1) is 0 Å². The second kappa shape index (κ2) is 5.39. The first-order valence-corrected chi connectivity index (χ1v) is 5.69. The highest BCUT2D eigenvalue weighted by Crippen LogP contribution is 2.20. The van der Waals surface area contributed by atoms with Crippen molar-refractivity contribution in [3.8, 4) is 0 Å². The molecule has 0 spiro atoms.